The quantitative estimate of drug-likeness (QED) is 0.753. The number of nitrogens with zero attached hydrogens (tertiary/aromatic N) is 2. The molecule has 8 heteroatoms. The summed E-state index contributed by atoms with van der Waals surface area (Å²) in [5.74, 6) is -2.34. The summed E-state index contributed by atoms with van der Waals surface area (Å²) in [7, 11) is 1.55. The highest BCUT2D eigenvalue weighted by atomic mass is 19.1. The summed E-state index contributed by atoms with van der Waals surface area (Å²) in [5.41, 5.74) is 0.391. The molecule has 0 unspecified atom stereocenters. The van der Waals surface area contributed by atoms with Crippen LogP contribution in [-0.2, 0) is 19.9 Å². The van der Waals surface area contributed by atoms with Crippen LogP contribution in [0.4, 0.5) is 15.8 Å². The van der Waals surface area contributed by atoms with Gasteiger partial charge in [0.2, 0.25) is 17.7 Å². The van der Waals surface area contributed by atoms with Crippen molar-refractivity contribution in [3.63, 3.8) is 0 Å². The van der Waals surface area contributed by atoms with Gasteiger partial charge in [-0.15, -0.1) is 0 Å². The third-order valence-corrected chi connectivity index (χ3v) is 7.28. The van der Waals surface area contributed by atoms with Crippen LogP contribution in [-0.4, -0.2) is 42.3 Å². The molecule has 1 spiro atoms. The lowest BCUT2D eigenvalue weighted by Crippen LogP contribution is -2.54. The molecule has 7 nitrogen and oxygen atoms in total. The second-order valence-corrected chi connectivity index (χ2v) is 8.53. The van der Waals surface area contributed by atoms with Crippen molar-refractivity contribution >= 4 is 29.1 Å². The molecule has 3 amide bonds. The Morgan fingerprint density at radius 1 is 1.10 bits per heavy atom. The number of carbonyl (C=O) groups excluding carboxylic acids is 3. The van der Waals surface area contributed by atoms with E-state index in [0.29, 0.717) is 29.2 Å². The maximum Gasteiger partial charge on any atom is 0.250 e. The largest absolute Gasteiger partial charge is 0.497 e. The molecule has 4 aliphatic rings. The second kappa shape index (κ2) is 6.13. The molecule has 4 aliphatic heterocycles. The lowest BCUT2D eigenvalue weighted by molar-refractivity contribution is -0.135. The SMILES string of the molecule is COc1ccc2c(c1)[C@]1(C(=O)N2)[C@@H]2C(=O)N(c3ccc(F)cc3)C(=O)[C@H]2[C@@H]2CCCN21. The molecule has 0 saturated carbocycles. The molecule has 3 fully saturated rings. The van der Waals surface area contributed by atoms with Gasteiger partial charge in [0.1, 0.15) is 17.1 Å². The Hall–Kier alpha value is -3.26. The van der Waals surface area contributed by atoms with Crippen LogP contribution in [0.15, 0.2) is 42.5 Å². The van der Waals surface area contributed by atoms with E-state index in [1.807, 2.05) is 0 Å². The van der Waals surface area contributed by atoms with Gasteiger partial charge in [0, 0.05) is 17.3 Å². The first kappa shape index (κ1) is 18.5. The third-order valence-electron chi connectivity index (χ3n) is 7.28. The molecular formula is C23H20FN3O4. The zero-order valence-electron chi connectivity index (χ0n) is 16.8. The minimum atomic E-state index is -1.25. The van der Waals surface area contributed by atoms with Gasteiger partial charge in [0.05, 0.1) is 24.6 Å². The van der Waals surface area contributed by atoms with E-state index in [2.05, 4.69) is 10.2 Å². The van der Waals surface area contributed by atoms with E-state index in [4.69, 9.17) is 4.74 Å². The zero-order chi connectivity index (χ0) is 21.5. The summed E-state index contributed by atoms with van der Waals surface area (Å²) >= 11 is 0. The standard InChI is InChI=1S/C23H20FN3O4/c1-31-14-8-9-16-15(11-14)23(22(30)25-16)19-18(17-3-2-10-26(17)23)20(28)27(21(19)29)13-6-4-12(24)5-7-13/h4-9,11,17-19H,2-3,10H2,1H3,(H,25,30)/t17-,18-,19-,23+/m0/s1. The number of hydrogen-bond acceptors (Lipinski definition) is 5. The topological polar surface area (TPSA) is 79.0 Å². The highest BCUT2D eigenvalue weighted by Gasteiger charge is 2.74. The van der Waals surface area contributed by atoms with Crippen molar-refractivity contribution in [2.24, 2.45) is 11.8 Å². The minimum absolute atomic E-state index is 0.199. The third kappa shape index (κ3) is 2.13. The summed E-state index contributed by atoms with van der Waals surface area (Å²) in [5, 5.41) is 2.94. The van der Waals surface area contributed by atoms with E-state index < -0.39 is 29.1 Å². The van der Waals surface area contributed by atoms with Crippen LogP contribution < -0.4 is 15.0 Å². The van der Waals surface area contributed by atoms with Crippen LogP contribution in [0.25, 0.3) is 0 Å². The lowest BCUT2D eigenvalue weighted by atomic mass is 9.75. The number of fused-ring (bicyclic) bond motifs is 7. The molecule has 0 bridgehead atoms. The molecule has 4 atom stereocenters. The fraction of sp³-hybridized carbons (Fsp3) is 0.348. The number of halogens is 1. The number of imide groups is 1. The predicted molar refractivity (Wildman–Crippen MR) is 109 cm³/mol. The molecule has 0 aromatic heterocycles. The van der Waals surface area contributed by atoms with E-state index in [9.17, 15) is 18.8 Å². The van der Waals surface area contributed by atoms with Gasteiger partial charge in [-0.3, -0.25) is 19.3 Å². The number of ether oxygens (including phenoxy) is 1. The summed E-state index contributed by atoms with van der Waals surface area (Å²) < 4.78 is 18.8. The van der Waals surface area contributed by atoms with E-state index in [0.717, 1.165) is 17.7 Å². The highest BCUT2D eigenvalue weighted by molar-refractivity contribution is 6.25. The van der Waals surface area contributed by atoms with Crippen molar-refractivity contribution in [1.82, 2.24) is 4.90 Å². The number of benzene rings is 2. The second-order valence-electron chi connectivity index (χ2n) is 8.53. The molecule has 1 N–H and O–H groups in total. The van der Waals surface area contributed by atoms with E-state index in [-0.39, 0.29) is 17.9 Å². The van der Waals surface area contributed by atoms with Crippen LogP contribution >= 0.6 is 0 Å². The first-order chi connectivity index (χ1) is 15.0. The summed E-state index contributed by atoms with van der Waals surface area (Å²) in [6.45, 7) is 0.638. The number of amides is 3. The van der Waals surface area contributed by atoms with E-state index >= 15 is 0 Å². The van der Waals surface area contributed by atoms with Crippen LogP contribution in [0.1, 0.15) is 18.4 Å². The van der Waals surface area contributed by atoms with Crippen molar-refractivity contribution in [3.8, 4) is 5.75 Å². The average Bonchev–Trinajstić information content (AvgIpc) is 3.47. The van der Waals surface area contributed by atoms with Gasteiger partial charge < -0.3 is 10.1 Å². The fourth-order valence-corrected chi connectivity index (χ4v) is 6.15. The maximum atomic E-state index is 13.8. The number of hydrogen-bond donors (Lipinski definition) is 1. The van der Waals surface area contributed by atoms with Crippen molar-refractivity contribution < 1.29 is 23.5 Å². The van der Waals surface area contributed by atoms with Crippen LogP contribution in [0.5, 0.6) is 5.75 Å². The number of methoxy groups -OCH3 is 1. The first-order valence-electron chi connectivity index (χ1n) is 10.4. The van der Waals surface area contributed by atoms with Gasteiger partial charge in [-0.1, -0.05) is 0 Å². The van der Waals surface area contributed by atoms with Crippen LogP contribution in [0, 0.1) is 17.7 Å². The number of anilines is 2. The summed E-state index contributed by atoms with van der Waals surface area (Å²) in [6.07, 6.45) is 1.59. The van der Waals surface area contributed by atoms with E-state index in [1.165, 1.54) is 24.3 Å². The Bertz CT molecular complexity index is 1150. The van der Waals surface area contributed by atoms with E-state index in [1.54, 1.807) is 25.3 Å². The molecule has 3 saturated heterocycles. The minimum Gasteiger partial charge on any atom is -0.497 e. The van der Waals surface area contributed by atoms with Crippen molar-refractivity contribution in [2.45, 2.75) is 24.4 Å². The highest BCUT2D eigenvalue weighted by Crippen LogP contribution is 2.61. The smallest absolute Gasteiger partial charge is 0.250 e. The van der Waals surface area contributed by atoms with Gasteiger partial charge in [0.15, 0.2) is 0 Å². The Balaban J connectivity index is 1.55. The molecule has 0 radical (unpaired) electrons. The zero-order valence-corrected chi connectivity index (χ0v) is 16.8. The number of carbonyl (C=O) groups is 3. The molecule has 2 aromatic carbocycles. The van der Waals surface area contributed by atoms with Gasteiger partial charge in [-0.2, -0.15) is 0 Å². The van der Waals surface area contributed by atoms with Gasteiger partial charge in [0.25, 0.3) is 0 Å². The fourth-order valence-electron chi connectivity index (χ4n) is 6.15. The Morgan fingerprint density at radius 3 is 2.61 bits per heavy atom. The molecular weight excluding hydrogens is 401 g/mol. The molecule has 4 heterocycles. The van der Waals surface area contributed by atoms with Gasteiger partial charge in [-0.25, -0.2) is 9.29 Å². The Labute approximate surface area is 177 Å². The van der Waals surface area contributed by atoms with Crippen LogP contribution in [0.2, 0.25) is 0 Å². The van der Waals surface area contributed by atoms with Gasteiger partial charge >= 0.3 is 0 Å². The summed E-state index contributed by atoms with van der Waals surface area (Å²) in [6, 6.07) is 10.4. The van der Waals surface area contributed by atoms with Gasteiger partial charge in [-0.05, 0) is 61.9 Å². The molecule has 2 aromatic rings. The lowest BCUT2D eigenvalue weighted by Gasteiger charge is -2.36. The molecule has 31 heavy (non-hydrogen) atoms. The Kier molecular flexibility index (Phi) is 3.66. The van der Waals surface area contributed by atoms with Crippen molar-refractivity contribution in [2.75, 3.05) is 23.9 Å². The summed E-state index contributed by atoms with van der Waals surface area (Å²) in [4.78, 5) is 44.0. The molecule has 0 aliphatic carbocycles. The normalized spacial score (nSPS) is 31.2. The van der Waals surface area contributed by atoms with Crippen LogP contribution in [0.3, 0.4) is 0 Å². The molecule has 158 valence electrons. The maximum absolute atomic E-state index is 13.8. The number of nitrogens with one attached hydrogen (secondary N) is 1. The van der Waals surface area contributed by atoms with Crippen molar-refractivity contribution in [3.05, 3.63) is 53.8 Å². The monoisotopic (exact) mass is 421 g/mol. The number of rotatable bonds is 2. The average molecular weight is 421 g/mol. The first-order valence-corrected chi connectivity index (χ1v) is 10.4. The van der Waals surface area contributed by atoms with Crippen molar-refractivity contribution in [1.29, 1.82) is 0 Å². The Morgan fingerprint density at radius 2 is 1.87 bits per heavy atom. The molecule has 6 rings (SSSR count). The predicted octanol–water partition coefficient (Wildman–Crippen LogP) is 2.27.